The summed E-state index contributed by atoms with van der Waals surface area (Å²) in [7, 11) is 0. The Hall–Kier alpha value is -2.43. The van der Waals surface area contributed by atoms with Crippen LogP contribution < -0.4 is 5.32 Å². The lowest BCUT2D eigenvalue weighted by molar-refractivity contribution is 0.0696. The molecule has 1 atom stereocenters. The molecule has 2 rings (SSSR count). The second kappa shape index (κ2) is 5.91. The fourth-order valence-electron chi connectivity index (χ4n) is 2.18. The smallest absolute Gasteiger partial charge is 0.336 e. The third-order valence-electron chi connectivity index (χ3n) is 3.36. The summed E-state index contributed by atoms with van der Waals surface area (Å²) in [6.07, 6.45) is 0. The van der Waals surface area contributed by atoms with Gasteiger partial charge in [0.2, 0.25) is 0 Å². The maximum absolute atomic E-state index is 13.7. The van der Waals surface area contributed by atoms with Crippen molar-refractivity contribution in [2.75, 3.05) is 5.32 Å². The Labute approximate surface area is 121 Å². The molecule has 0 saturated heterocycles. The highest BCUT2D eigenvalue weighted by Gasteiger charge is 2.15. The minimum absolute atomic E-state index is 0.173. The highest BCUT2D eigenvalue weighted by Crippen LogP contribution is 2.26. The molecule has 1 unspecified atom stereocenters. The molecular weight excluding hydrogens is 276 g/mol. The third-order valence-corrected chi connectivity index (χ3v) is 3.36. The van der Waals surface area contributed by atoms with Crippen LogP contribution in [0.2, 0.25) is 0 Å². The largest absolute Gasteiger partial charge is 0.478 e. The summed E-state index contributed by atoms with van der Waals surface area (Å²) in [6.45, 7) is 3.35. The van der Waals surface area contributed by atoms with Crippen molar-refractivity contribution in [3.8, 4) is 0 Å². The molecule has 2 aromatic carbocycles. The SMILES string of the molecule is Cc1c(NC(C)c2cc(F)ccc2F)cccc1C(=O)O. The van der Waals surface area contributed by atoms with Crippen LogP contribution in [0.15, 0.2) is 36.4 Å². The average Bonchev–Trinajstić information content (AvgIpc) is 2.43. The average molecular weight is 291 g/mol. The predicted molar refractivity (Wildman–Crippen MR) is 76.5 cm³/mol. The number of benzene rings is 2. The lowest BCUT2D eigenvalue weighted by Gasteiger charge is -2.19. The number of rotatable bonds is 4. The van der Waals surface area contributed by atoms with Gasteiger partial charge in [-0.1, -0.05) is 6.07 Å². The molecule has 0 radical (unpaired) electrons. The van der Waals surface area contributed by atoms with Gasteiger partial charge in [-0.3, -0.25) is 0 Å². The highest BCUT2D eigenvalue weighted by atomic mass is 19.1. The van der Waals surface area contributed by atoms with E-state index in [0.29, 0.717) is 11.3 Å². The van der Waals surface area contributed by atoms with Crippen LogP contribution in [0.3, 0.4) is 0 Å². The van der Waals surface area contributed by atoms with E-state index in [-0.39, 0.29) is 11.1 Å². The molecule has 0 fully saturated rings. The number of hydrogen-bond donors (Lipinski definition) is 2. The van der Waals surface area contributed by atoms with E-state index in [9.17, 15) is 13.6 Å². The Morgan fingerprint density at radius 1 is 1.24 bits per heavy atom. The minimum Gasteiger partial charge on any atom is -0.478 e. The van der Waals surface area contributed by atoms with E-state index >= 15 is 0 Å². The van der Waals surface area contributed by atoms with Gasteiger partial charge in [-0.15, -0.1) is 0 Å². The molecule has 21 heavy (non-hydrogen) atoms. The van der Waals surface area contributed by atoms with Crippen LogP contribution in [-0.4, -0.2) is 11.1 Å². The second-order valence-electron chi connectivity index (χ2n) is 4.82. The van der Waals surface area contributed by atoms with Crippen molar-refractivity contribution in [1.29, 1.82) is 0 Å². The topological polar surface area (TPSA) is 49.3 Å². The van der Waals surface area contributed by atoms with Crippen LogP contribution in [0, 0.1) is 18.6 Å². The van der Waals surface area contributed by atoms with E-state index in [1.54, 1.807) is 26.0 Å². The molecular formula is C16H15F2NO2. The van der Waals surface area contributed by atoms with Gasteiger partial charge in [-0.25, -0.2) is 13.6 Å². The van der Waals surface area contributed by atoms with Gasteiger partial charge < -0.3 is 10.4 Å². The van der Waals surface area contributed by atoms with Gasteiger partial charge in [0.15, 0.2) is 0 Å². The summed E-state index contributed by atoms with van der Waals surface area (Å²) >= 11 is 0. The molecule has 0 aliphatic heterocycles. The molecule has 0 aromatic heterocycles. The fraction of sp³-hybridized carbons (Fsp3) is 0.188. The molecule has 0 bridgehead atoms. The van der Waals surface area contributed by atoms with Gasteiger partial charge in [0, 0.05) is 11.3 Å². The van der Waals surface area contributed by atoms with E-state index in [1.807, 2.05) is 0 Å². The van der Waals surface area contributed by atoms with Crippen molar-refractivity contribution in [3.05, 3.63) is 64.7 Å². The summed E-state index contributed by atoms with van der Waals surface area (Å²) in [5, 5.41) is 12.1. The fourth-order valence-corrected chi connectivity index (χ4v) is 2.18. The number of hydrogen-bond acceptors (Lipinski definition) is 2. The molecule has 0 amide bonds. The summed E-state index contributed by atoms with van der Waals surface area (Å²) < 4.78 is 27.0. The van der Waals surface area contributed by atoms with Crippen molar-refractivity contribution in [2.24, 2.45) is 0 Å². The zero-order valence-corrected chi connectivity index (χ0v) is 11.7. The number of carbonyl (C=O) groups is 1. The van der Waals surface area contributed by atoms with Crippen molar-refractivity contribution >= 4 is 11.7 Å². The molecule has 0 spiro atoms. The zero-order chi connectivity index (χ0) is 15.6. The van der Waals surface area contributed by atoms with Gasteiger partial charge in [0.25, 0.3) is 0 Å². The van der Waals surface area contributed by atoms with Crippen LogP contribution in [0.25, 0.3) is 0 Å². The van der Waals surface area contributed by atoms with Crippen molar-refractivity contribution in [1.82, 2.24) is 0 Å². The minimum atomic E-state index is -1.03. The lowest BCUT2D eigenvalue weighted by atomic mass is 10.0. The number of halogens is 2. The molecule has 0 saturated carbocycles. The van der Waals surface area contributed by atoms with Crippen LogP contribution in [0.5, 0.6) is 0 Å². The van der Waals surface area contributed by atoms with Crippen LogP contribution in [0.1, 0.15) is 34.5 Å². The van der Waals surface area contributed by atoms with Gasteiger partial charge >= 0.3 is 5.97 Å². The molecule has 5 heteroatoms. The standard InChI is InChI=1S/C16H15F2NO2/c1-9-12(16(20)21)4-3-5-15(9)19-10(2)13-8-11(17)6-7-14(13)18/h3-8,10,19H,1-2H3,(H,20,21). The van der Waals surface area contributed by atoms with Crippen LogP contribution in [-0.2, 0) is 0 Å². The molecule has 2 N–H and O–H groups in total. The monoisotopic (exact) mass is 291 g/mol. The first kappa shape index (κ1) is 15.0. The molecule has 0 heterocycles. The first-order valence-electron chi connectivity index (χ1n) is 6.44. The van der Waals surface area contributed by atoms with Gasteiger partial charge in [0.05, 0.1) is 11.6 Å². The Morgan fingerprint density at radius 3 is 2.62 bits per heavy atom. The Bertz CT molecular complexity index is 686. The maximum Gasteiger partial charge on any atom is 0.336 e. The van der Waals surface area contributed by atoms with Crippen molar-refractivity contribution in [3.63, 3.8) is 0 Å². The second-order valence-corrected chi connectivity index (χ2v) is 4.82. The number of anilines is 1. The first-order chi connectivity index (χ1) is 9.90. The predicted octanol–water partition coefficient (Wildman–Crippen LogP) is 4.14. The molecule has 2 aromatic rings. The highest BCUT2D eigenvalue weighted by molar-refractivity contribution is 5.91. The number of carboxylic acids is 1. The maximum atomic E-state index is 13.7. The lowest BCUT2D eigenvalue weighted by Crippen LogP contribution is -2.11. The van der Waals surface area contributed by atoms with E-state index in [2.05, 4.69) is 5.32 Å². The quantitative estimate of drug-likeness (QED) is 0.890. The summed E-state index contributed by atoms with van der Waals surface area (Å²) in [6, 6.07) is 7.57. The third kappa shape index (κ3) is 3.18. The van der Waals surface area contributed by atoms with Crippen molar-refractivity contribution in [2.45, 2.75) is 19.9 Å². The summed E-state index contributed by atoms with van der Waals surface area (Å²) in [5.41, 5.74) is 1.49. The summed E-state index contributed by atoms with van der Waals surface area (Å²) in [4.78, 5) is 11.1. The van der Waals surface area contributed by atoms with E-state index in [1.165, 1.54) is 6.07 Å². The van der Waals surface area contributed by atoms with Gasteiger partial charge in [-0.05, 0) is 49.7 Å². The number of aromatic carboxylic acids is 1. The summed E-state index contributed by atoms with van der Waals surface area (Å²) in [5.74, 6) is -2.06. The number of nitrogens with one attached hydrogen (secondary N) is 1. The van der Waals surface area contributed by atoms with Gasteiger partial charge in [-0.2, -0.15) is 0 Å². The molecule has 0 aliphatic rings. The zero-order valence-electron chi connectivity index (χ0n) is 11.7. The Morgan fingerprint density at radius 2 is 1.95 bits per heavy atom. The molecule has 110 valence electrons. The molecule has 0 aliphatic carbocycles. The van der Waals surface area contributed by atoms with E-state index < -0.39 is 23.6 Å². The normalized spacial score (nSPS) is 12.0. The van der Waals surface area contributed by atoms with E-state index in [0.717, 1.165) is 18.2 Å². The first-order valence-corrected chi connectivity index (χ1v) is 6.44. The van der Waals surface area contributed by atoms with E-state index in [4.69, 9.17) is 5.11 Å². The van der Waals surface area contributed by atoms with Crippen LogP contribution in [0.4, 0.5) is 14.5 Å². The molecule has 3 nitrogen and oxygen atoms in total. The Kier molecular flexibility index (Phi) is 4.21. The van der Waals surface area contributed by atoms with Crippen molar-refractivity contribution < 1.29 is 18.7 Å². The Balaban J connectivity index is 2.32. The van der Waals surface area contributed by atoms with Gasteiger partial charge in [0.1, 0.15) is 11.6 Å². The number of carboxylic acid groups (broad SMARTS) is 1. The van der Waals surface area contributed by atoms with Crippen LogP contribution >= 0.6 is 0 Å².